The van der Waals surface area contributed by atoms with Gasteiger partial charge < -0.3 is 10.1 Å². The number of hydrogen-bond donors (Lipinski definition) is 1. The Morgan fingerprint density at radius 2 is 2.12 bits per heavy atom. The van der Waals surface area contributed by atoms with Crippen LogP contribution in [0, 0.1) is 5.92 Å². The topological polar surface area (TPSA) is 21.3 Å². The Bertz CT molecular complexity index is 339. The van der Waals surface area contributed by atoms with Crippen LogP contribution in [-0.4, -0.2) is 13.7 Å². The van der Waals surface area contributed by atoms with Crippen molar-refractivity contribution < 1.29 is 4.74 Å². The van der Waals surface area contributed by atoms with Gasteiger partial charge in [0.1, 0.15) is 5.75 Å². The smallest absolute Gasteiger partial charge is 0.133 e. The maximum Gasteiger partial charge on any atom is 0.133 e. The van der Waals surface area contributed by atoms with Crippen molar-refractivity contribution in [2.45, 2.75) is 33.2 Å². The first-order valence-electron chi connectivity index (χ1n) is 6.19. The van der Waals surface area contributed by atoms with E-state index >= 15 is 0 Å². The summed E-state index contributed by atoms with van der Waals surface area (Å²) in [6, 6.07) is 6.24. The number of hydrogen-bond acceptors (Lipinski definition) is 2. The van der Waals surface area contributed by atoms with Crippen LogP contribution >= 0.6 is 15.9 Å². The van der Waals surface area contributed by atoms with E-state index in [2.05, 4.69) is 47.2 Å². The first-order valence-corrected chi connectivity index (χ1v) is 6.98. The van der Waals surface area contributed by atoms with Crippen LogP contribution in [0.25, 0.3) is 0 Å². The molecule has 0 aliphatic heterocycles. The molecule has 2 nitrogen and oxygen atoms in total. The zero-order chi connectivity index (χ0) is 12.7. The van der Waals surface area contributed by atoms with Gasteiger partial charge in [0.2, 0.25) is 0 Å². The maximum absolute atomic E-state index is 5.75. The van der Waals surface area contributed by atoms with Gasteiger partial charge in [0.05, 0.1) is 11.1 Å². The first kappa shape index (κ1) is 14.5. The molecule has 17 heavy (non-hydrogen) atoms. The molecule has 0 amide bonds. The standard InChI is InChI=1S/C14H22BrNO/c1-11(2)5-4-8-17-14-7-6-12(10-16-3)9-13(14)15/h6-7,9,11,16H,4-5,8,10H2,1-3H3. The van der Waals surface area contributed by atoms with E-state index < -0.39 is 0 Å². The predicted molar refractivity (Wildman–Crippen MR) is 76.5 cm³/mol. The van der Waals surface area contributed by atoms with Crippen LogP contribution in [0.2, 0.25) is 0 Å². The summed E-state index contributed by atoms with van der Waals surface area (Å²) < 4.78 is 6.79. The molecule has 3 heteroatoms. The lowest BCUT2D eigenvalue weighted by Crippen LogP contribution is -2.05. The lowest BCUT2D eigenvalue weighted by molar-refractivity contribution is 0.296. The summed E-state index contributed by atoms with van der Waals surface area (Å²) >= 11 is 3.55. The van der Waals surface area contributed by atoms with Crippen LogP contribution in [0.15, 0.2) is 22.7 Å². The van der Waals surface area contributed by atoms with Gasteiger partial charge in [-0.3, -0.25) is 0 Å². The number of ether oxygens (including phenoxy) is 1. The second-order valence-electron chi connectivity index (χ2n) is 4.68. The van der Waals surface area contributed by atoms with Crippen LogP contribution in [0.4, 0.5) is 0 Å². The van der Waals surface area contributed by atoms with Crippen molar-refractivity contribution in [3.05, 3.63) is 28.2 Å². The number of nitrogens with one attached hydrogen (secondary N) is 1. The zero-order valence-corrected chi connectivity index (χ0v) is 12.5. The van der Waals surface area contributed by atoms with Crippen molar-refractivity contribution in [3.8, 4) is 5.75 Å². The van der Waals surface area contributed by atoms with Crippen molar-refractivity contribution in [3.63, 3.8) is 0 Å². The van der Waals surface area contributed by atoms with E-state index in [9.17, 15) is 0 Å². The van der Waals surface area contributed by atoms with E-state index in [0.29, 0.717) is 0 Å². The number of rotatable bonds is 7. The van der Waals surface area contributed by atoms with Gasteiger partial charge in [0.15, 0.2) is 0 Å². The average molecular weight is 300 g/mol. The fourth-order valence-electron chi connectivity index (χ4n) is 1.65. The van der Waals surface area contributed by atoms with Crippen molar-refractivity contribution in [1.82, 2.24) is 5.32 Å². The van der Waals surface area contributed by atoms with E-state index in [1.54, 1.807) is 0 Å². The average Bonchev–Trinajstić information content (AvgIpc) is 2.27. The molecule has 0 atom stereocenters. The largest absolute Gasteiger partial charge is 0.492 e. The summed E-state index contributed by atoms with van der Waals surface area (Å²) in [5.41, 5.74) is 1.26. The Kier molecular flexibility index (Phi) is 6.60. The molecule has 1 N–H and O–H groups in total. The second-order valence-corrected chi connectivity index (χ2v) is 5.53. The Balaban J connectivity index is 2.43. The summed E-state index contributed by atoms with van der Waals surface area (Å²) in [6.45, 7) is 6.15. The maximum atomic E-state index is 5.75. The number of halogens is 1. The van der Waals surface area contributed by atoms with E-state index in [4.69, 9.17) is 4.74 Å². The quantitative estimate of drug-likeness (QED) is 0.769. The van der Waals surface area contributed by atoms with Gasteiger partial charge >= 0.3 is 0 Å². The minimum absolute atomic E-state index is 0.750. The van der Waals surface area contributed by atoms with Crippen LogP contribution < -0.4 is 10.1 Å². The monoisotopic (exact) mass is 299 g/mol. The van der Waals surface area contributed by atoms with Gasteiger partial charge in [-0.15, -0.1) is 0 Å². The summed E-state index contributed by atoms with van der Waals surface area (Å²) in [5, 5.41) is 3.13. The Morgan fingerprint density at radius 1 is 1.35 bits per heavy atom. The third-order valence-electron chi connectivity index (χ3n) is 2.56. The highest BCUT2D eigenvalue weighted by Gasteiger charge is 2.02. The van der Waals surface area contributed by atoms with E-state index in [-0.39, 0.29) is 0 Å². The summed E-state index contributed by atoms with van der Waals surface area (Å²) in [7, 11) is 1.95. The van der Waals surface area contributed by atoms with E-state index in [1.807, 2.05) is 13.1 Å². The molecule has 0 aliphatic rings. The molecule has 0 unspecified atom stereocenters. The molecule has 0 fully saturated rings. The molecule has 0 aliphatic carbocycles. The molecule has 1 rings (SSSR count). The van der Waals surface area contributed by atoms with E-state index in [1.165, 1.54) is 12.0 Å². The van der Waals surface area contributed by atoms with Gasteiger partial charge in [-0.1, -0.05) is 19.9 Å². The fraction of sp³-hybridized carbons (Fsp3) is 0.571. The lowest BCUT2D eigenvalue weighted by atomic mass is 10.1. The minimum Gasteiger partial charge on any atom is -0.492 e. The van der Waals surface area contributed by atoms with E-state index in [0.717, 1.165) is 35.7 Å². The Labute approximate surface area is 113 Å². The van der Waals surface area contributed by atoms with Gasteiger partial charge in [0, 0.05) is 6.54 Å². The van der Waals surface area contributed by atoms with Crippen molar-refractivity contribution >= 4 is 15.9 Å². The van der Waals surface area contributed by atoms with Crippen LogP contribution in [0.1, 0.15) is 32.3 Å². The number of benzene rings is 1. The Hall–Kier alpha value is -0.540. The fourth-order valence-corrected chi connectivity index (χ4v) is 2.19. The highest BCUT2D eigenvalue weighted by Crippen LogP contribution is 2.26. The molecule has 96 valence electrons. The second kappa shape index (κ2) is 7.72. The minimum atomic E-state index is 0.750. The first-order chi connectivity index (χ1) is 8.13. The molecular formula is C14H22BrNO. The van der Waals surface area contributed by atoms with Gasteiger partial charge in [-0.2, -0.15) is 0 Å². The molecular weight excluding hydrogens is 278 g/mol. The van der Waals surface area contributed by atoms with Crippen LogP contribution in [0.5, 0.6) is 5.75 Å². The molecule has 0 bridgehead atoms. The zero-order valence-electron chi connectivity index (χ0n) is 10.9. The molecule has 0 heterocycles. The van der Waals surface area contributed by atoms with Crippen molar-refractivity contribution in [1.29, 1.82) is 0 Å². The predicted octanol–water partition coefficient (Wildman–Crippen LogP) is 3.98. The molecule has 1 aromatic rings. The van der Waals surface area contributed by atoms with Gasteiger partial charge in [-0.05, 0) is 59.4 Å². The highest BCUT2D eigenvalue weighted by atomic mass is 79.9. The normalized spacial score (nSPS) is 10.9. The molecule has 0 saturated heterocycles. The highest BCUT2D eigenvalue weighted by molar-refractivity contribution is 9.10. The molecule has 0 aromatic heterocycles. The third kappa shape index (κ3) is 5.55. The summed E-state index contributed by atoms with van der Waals surface area (Å²) in [6.07, 6.45) is 2.33. The summed E-state index contributed by atoms with van der Waals surface area (Å²) in [4.78, 5) is 0. The van der Waals surface area contributed by atoms with Crippen molar-refractivity contribution in [2.24, 2.45) is 5.92 Å². The Morgan fingerprint density at radius 3 is 2.71 bits per heavy atom. The van der Waals surface area contributed by atoms with Crippen molar-refractivity contribution in [2.75, 3.05) is 13.7 Å². The van der Waals surface area contributed by atoms with Crippen LogP contribution in [-0.2, 0) is 6.54 Å². The van der Waals surface area contributed by atoms with Gasteiger partial charge in [0.25, 0.3) is 0 Å². The SMILES string of the molecule is CNCc1ccc(OCCCC(C)C)c(Br)c1. The van der Waals surface area contributed by atoms with Crippen LogP contribution in [0.3, 0.4) is 0 Å². The molecule has 1 aromatic carbocycles. The molecule has 0 saturated carbocycles. The summed E-state index contributed by atoms with van der Waals surface area (Å²) in [5.74, 6) is 1.69. The van der Waals surface area contributed by atoms with Gasteiger partial charge in [-0.25, -0.2) is 0 Å². The molecule has 0 radical (unpaired) electrons. The lowest BCUT2D eigenvalue weighted by Gasteiger charge is -2.10. The third-order valence-corrected chi connectivity index (χ3v) is 3.18. The molecule has 0 spiro atoms.